The number of amides is 1. The monoisotopic (exact) mass is 382 g/mol. The van der Waals surface area contributed by atoms with Crippen LogP contribution in [-0.4, -0.2) is 28.8 Å². The van der Waals surface area contributed by atoms with Crippen molar-refractivity contribution in [2.45, 2.75) is 13.5 Å². The van der Waals surface area contributed by atoms with Gasteiger partial charge in [0.25, 0.3) is 5.91 Å². The van der Waals surface area contributed by atoms with Crippen LogP contribution in [0.25, 0.3) is 10.2 Å². The number of nitrogens with one attached hydrogen (secondary N) is 1. The number of benzene rings is 1. The maximum Gasteiger partial charge on any atom is 0.261 e. The van der Waals surface area contributed by atoms with E-state index in [0.717, 1.165) is 21.5 Å². The number of hydrogen-bond donors (Lipinski definition) is 2. The Bertz CT molecular complexity index is 883. The highest BCUT2D eigenvalue weighted by Gasteiger charge is 2.17. The van der Waals surface area contributed by atoms with E-state index in [9.17, 15) is 4.79 Å². The summed E-state index contributed by atoms with van der Waals surface area (Å²) in [6, 6.07) is 7.27. The van der Waals surface area contributed by atoms with Crippen LogP contribution in [-0.2, 0) is 6.54 Å². The van der Waals surface area contributed by atoms with Crippen LogP contribution in [0.4, 0.5) is 0 Å². The molecule has 0 saturated carbocycles. The fraction of sp³-hybridized carbons (Fsp3) is 0.250. The lowest BCUT2D eigenvalue weighted by Crippen LogP contribution is -2.28. The first kappa shape index (κ1) is 17.2. The number of nitrogens with zero attached hydrogens (tertiary/aromatic N) is 2. The average Bonchev–Trinajstić information content (AvgIpc) is 3.10. The Morgan fingerprint density at radius 3 is 2.75 bits per heavy atom. The minimum Gasteiger partial charge on any atom is -0.350 e. The Kier molecular flexibility index (Phi) is 5.10. The Labute approximate surface area is 153 Å². The molecule has 1 amide bonds. The van der Waals surface area contributed by atoms with Crippen molar-refractivity contribution in [2.75, 3.05) is 13.1 Å². The maximum atomic E-state index is 12.1. The normalized spacial score (nSPS) is 11.2. The van der Waals surface area contributed by atoms with Crippen molar-refractivity contribution in [3.8, 4) is 0 Å². The van der Waals surface area contributed by atoms with E-state index in [-0.39, 0.29) is 5.91 Å². The van der Waals surface area contributed by atoms with Gasteiger partial charge in [0, 0.05) is 34.1 Å². The molecule has 0 aliphatic rings. The van der Waals surface area contributed by atoms with E-state index in [4.69, 9.17) is 28.9 Å². The second kappa shape index (κ2) is 7.11. The second-order valence-corrected chi connectivity index (χ2v) is 7.16. The van der Waals surface area contributed by atoms with Gasteiger partial charge in [-0.1, -0.05) is 29.3 Å². The van der Waals surface area contributed by atoms with Gasteiger partial charge in [0.1, 0.15) is 4.83 Å². The van der Waals surface area contributed by atoms with Crippen LogP contribution >= 0.6 is 34.5 Å². The Balaban J connectivity index is 1.97. The fourth-order valence-electron chi connectivity index (χ4n) is 2.44. The van der Waals surface area contributed by atoms with Crippen LogP contribution in [0.3, 0.4) is 0 Å². The van der Waals surface area contributed by atoms with Gasteiger partial charge in [-0.25, -0.2) is 4.68 Å². The molecule has 2 aromatic heterocycles. The van der Waals surface area contributed by atoms with Gasteiger partial charge in [-0.05, 0) is 25.1 Å². The molecule has 8 heteroatoms. The van der Waals surface area contributed by atoms with Gasteiger partial charge in [-0.15, -0.1) is 11.3 Å². The maximum absolute atomic E-state index is 12.1. The lowest BCUT2D eigenvalue weighted by Gasteiger charge is -2.07. The van der Waals surface area contributed by atoms with Crippen molar-refractivity contribution in [3.05, 3.63) is 50.4 Å². The van der Waals surface area contributed by atoms with Crippen LogP contribution in [0, 0.1) is 6.92 Å². The van der Waals surface area contributed by atoms with Crippen molar-refractivity contribution < 1.29 is 4.79 Å². The van der Waals surface area contributed by atoms with E-state index < -0.39 is 0 Å². The summed E-state index contributed by atoms with van der Waals surface area (Å²) in [5.41, 5.74) is 7.10. The summed E-state index contributed by atoms with van der Waals surface area (Å²) in [4.78, 5) is 13.7. The number of rotatable bonds is 5. The van der Waals surface area contributed by atoms with Crippen molar-refractivity contribution in [1.29, 1.82) is 0 Å². The van der Waals surface area contributed by atoms with Gasteiger partial charge in [0.05, 0.1) is 17.1 Å². The highest BCUT2D eigenvalue weighted by Crippen LogP contribution is 2.31. The number of hydrogen-bond acceptors (Lipinski definition) is 4. The zero-order valence-corrected chi connectivity index (χ0v) is 15.3. The van der Waals surface area contributed by atoms with Crippen molar-refractivity contribution >= 4 is 50.7 Å². The summed E-state index contributed by atoms with van der Waals surface area (Å²) in [6.45, 7) is 3.23. The van der Waals surface area contributed by atoms with Gasteiger partial charge in [-0.3, -0.25) is 4.79 Å². The molecule has 3 N–H and O–H groups in total. The molecule has 0 aliphatic heterocycles. The summed E-state index contributed by atoms with van der Waals surface area (Å²) >= 11 is 13.9. The van der Waals surface area contributed by atoms with E-state index in [1.54, 1.807) is 12.1 Å². The molecule has 1 aromatic carbocycles. The van der Waals surface area contributed by atoms with Gasteiger partial charge in [0.15, 0.2) is 0 Å². The molecule has 5 nitrogen and oxygen atoms in total. The minimum absolute atomic E-state index is 0.122. The topological polar surface area (TPSA) is 72.9 Å². The first-order valence-electron chi connectivity index (χ1n) is 7.39. The second-order valence-electron chi connectivity index (χ2n) is 5.32. The van der Waals surface area contributed by atoms with E-state index in [2.05, 4.69) is 10.4 Å². The number of fused-ring (bicyclic) bond motifs is 1. The first-order valence-corrected chi connectivity index (χ1v) is 8.96. The van der Waals surface area contributed by atoms with Crippen molar-refractivity contribution in [1.82, 2.24) is 15.1 Å². The lowest BCUT2D eigenvalue weighted by atomic mass is 10.2. The molecule has 0 radical (unpaired) electrons. The smallest absolute Gasteiger partial charge is 0.261 e. The predicted octanol–water partition coefficient (Wildman–Crippen LogP) is 3.45. The Hall–Kier alpha value is -1.60. The highest BCUT2D eigenvalue weighted by molar-refractivity contribution is 7.20. The molecule has 0 fully saturated rings. The highest BCUT2D eigenvalue weighted by atomic mass is 35.5. The summed E-state index contributed by atoms with van der Waals surface area (Å²) in [6.07, 6.45) is 0. The number of carbonyl (C=O) groups excluding carboxylic acids is 1. The standard InChI is InChI=1S/C16H16Cl2N4OS/c1-9-10-7-14(15(23)20-6-5-19)24-16(10)22(21-9)8-11-12(17)3-2-4-13(11)18/h2-4,7H,5-6,8,19H2,1H3,(H,20,23). The first-order chi connectivity index (χ1) is 11.5. The summed E-state index contributed by atoms with van der Waals surface area (Å²) < 4.78 is 1.84. The minimum atomic E-state index is -0.122. The average molecular weight is 383 g/mol. The SMILES string of the molecule is Cc1nn(Cc2c(Cl)cccc2Cl)c2sc(C(=O)NCCN)cc12. The predicted molar refractivity (Wildman–Crippen MR) is 99.3 cm³/mol. The van der Waals surface area contributed by atoms with Crippen LogP contribution in [0.15, 0.2) is 24.3 Å². The molecule has 0 unspecified atom stereocenters. The third-order valence-electron chi connectivity index (χ3n) is 3.63. The van der Waals surface area contributed by atoms with E-state index in [0.29, 0.717) is 34.6 Å². The molecule has 3 rings (SSSR count). The number of aryl methyl sites for hydroxylation is 1. The van der Waals surface area contributed by atoms with E-state index >= 15 is 0 Å². The Morgan fingerprint density at radius 1 is 1.38 bits per heavy atom. The van der Waals surface area contributed by atoms with E-state index in [1.165, 1.54) is 11.3 Å². The van der Waals surface area contributed by atoms with Gasteiger partial charge >= 0.3 is 0 Å². The van der Waals surface area contributed by atoms with Gasteiger partial charge in [-0.2, -0.15) is 5.10 Å². The van der Waals surface area contributed by atoms with E-state index in [1.807, 2.05) is 23.7 Å². The number of halogens is 2. The fourth-order valence-corrected chi connectivity index (χ4v) is 4.03. The third kappa shape index (κ3) is 3.28. The molecule has 0 atom stereocenters. The number of carbonyl (C=O) groups is 1. The summed E-state index contributed by atoms with van der Waals surface area (Å²) in [5, 5.41) is 9.48. The number of nitrogens with two attached hydrogens (primary N) is 1. The molecule has 3 aromatic rings. The number of thiophene rings is 1. The summed E-state index contributed by atoms with van der Waals surface area (Å²) in [5.74, 6) is -0.122. The zero-order valence-electron chi connectivity index (χ0n) is 13.0. The molecule has 24 heavy (non-hydrogen) atoms. The van der Waals surface area contributed by atoms with Gasteiger partial charge in [0.2, 0.25) is 0 Å². The molecular formula is C16H16Cl2N4OS. The molecule has 126 valence electrons. The summed E-state index contributed by atoms with van der Waals surface area (Å²) in [7, 11) is 0. The lowest BCUT2D eigenvalue weighted by molar-refractivity contribution is 0.0959. The van der Waals surface area contributed by atoms with Crippen molar-refractivity contribution in [2.24, 2.45) is 5.73 Å². The number of aromatic nitrogens is 2. The molecule has 0 aliphatic carbocycles. The van der Waals surface area contributed by atoms with Crippen LogP contribution < -0.4 is 11.1 Å². The van der Waals surface area contributed by atoms with Gasteiger partial charge < -0.3 is 11.1 Å². The Morgan fingerprint density at radius 2 is 2.08 bits per heavy atom. The van der Waals surface area contributed by atoms with Crippen LogP contribution in [0.5, 0.6) is 0 Å². The van der Waals surface area contributed by atoms with Crippen LogP contribution in [0.1, 0.15) is 20.9 Å². The molecule has 0 bridgehead atoms. The molecule has 0 saturated heterocycles. The largest absolute Gasteiger partial charge is 0.350 e. The molecular weight excluding hydrogens is 367 g/mol. The molecule has 0 spiro atoms. The quantitative estimate of drug-likeness (QED) is 0.709. The third-order valence-corrected chi connectivity index (χ3v) is 5.49. The van der Waals surface area contributed by atoms with Crippen molar-refractivity contribution in [3.63, 3.8) is 0 Å². The molecule has 2 heterocycles. The van der Waals surface area contributed by atoms with Crippen LogP contribution in [0.2, 0.25) is 10.0 Å². The zero-order chi connectivity index (χ0) is 17.3.